The molecule has 0 bridgehead atoms. The Morgan fingerprint density at radius 3 is 2.65 bits per heavy atom. The van der Waals surface area contributed by atoms with E-state index in [1.165, 1.54) is 10.7 Å². The van der Waals surface area contributed by atoms with Gasteiger partial charge in [0.1, 0.15) is 11.3 Å². The van der Waals surface area contributed by atoms with E-state index in [-0.39, 0.29) is 5.82 Å². The minimum atomic E-state index is -0.531. The van der Waals surface area contributed by atoms with Gasteiger partial charge in [-0.2, -0.15) is 4.68 Å². The zero-order valence-corrected chi connectivity index (χ0v) is 13.8. The van der Waals surface area contributed by atoms with Crippen molar-refractivity contribution < 1.29 is 14.1 Å². The average Bonchev–Trinajstić information content (AvgIpc) is 3.26. The number of benzene rings is 2. The first kappa shape index (κ1) is 15.8. The van der Waals surface area contributed by atoms with Crippen molar-refractivity contribution in [1.29, 1.82) is 0 Å². The normalized spacial score (nSPS) is 11.0. The highest BCUT2D eigenvalue weighted by atomic mass is 16.6. The van der Waals surface area contributed by atoms with Crippen molar-refractivity contribution in [3.05, 3.63) is 70.3 Å². The van der Waals surface area contributed by atoms with Crippen molar-refractivity contribution in [2.24, 2.45) is 0 Å². The molecule has 26 heavy (non-hydrogen) atoms. The van der Waals surface area contributed by atoms with Gasteiger partial charge in [0, 0.05) is 0 Å². The summed E-state index contributed by atoms with van der Waals surface area (Å²) in [5, 5.41) is 15.2. The number of hydrogen-bond acceptors (Lipinski definition) is 6. The van der Waals surface area contributed by atoms with Gasteiger partial charge in [0.05, 0.1) is 24.8 Å². The van der Waals surface area contributed by atoms with Gasteiger partial charge in [-0.05, 0) is 34.8 Å². The number of nitrogens with zero attached hydrogens (tertiary/aromatic N) is 4. The van der Waals surface area contributed by atoms with Gasteiger partial charge in [0.15, 0.2) is 11.3 Å². The van der Waals surface area contributed by atoms with Crippen molar-refractivity contribution in [1.82, 2.24) is 14.8 Å². The fourth-order valence-corrected chi connectivity index (χ4v) is 2.67. The van der Waals surface area contributed by atoms with Gasteiger partial charge in [-0.25, -0.2) is 4.98 Å². The van der Waals surface area contributed by atoms with Crippen LogP contribution in [0.15, 0.2) is 59.0 Å². The molecular formula is C18H14N4O4. The van der Waals surface area contributed by atoms with E-state index in [1.54, 1.807) is 13.2 Å². The van der Waals surface area contributed by atoms with Crippen molar-refractivity contribution in [3.8, 4) is 17.3 Å². The molecular weight excluding hydrogens is 336 g/mol. The Labute approximate surface area is 147 Å². The van der Waals surface area contributed by atoms with Crippen molar-refractivity contribution in [2.45, 2.75) is 6.54 Å². The Hall–Kier alpha value is -3.68. The fourth-order valence-electron chi connectivity index (χ4n) is 2.67. The third-order valence-corrected chi connectivity index (χ3v) is 3.96. The lowest BCUT2D eigenvalue weighted by Crippen LogP contribution is -2.04. The molecule has 8 heteroatoms. The molecule has 4 rings (SSSR count). The number of para-hydroxylation sites is 2. The fraction of sp³-hybridized carbons (Fsp3) is 0.111. The second-order valence-electron chi connectivity index (χ2n) is 5.64. The Morgan fingerprint density at radius 2 is 1.96 bits per heavy atom. The van der Waals surface area contributed by atoms with E-state index in [0.29, 0.717) is 29.2 Å². The van der Waals surface area contributed by atoms with Gasteiger partial charge < -0.3 is 19.3 Å². The molecule has 4 aromatic rings. The third-order valence-electron chi connectivity index (χ3n) is 3.96. The number of aromatic nitrogens is 3. The van der Waals surface area contributed by atoms with Crippen LogP contribution in [0.25, 0.3) is 22.7 Å². The first-order chi connectivity index (χ1) is 12.6. The molecule has 0 atom stereocenters. The summed E-state index contributed by atoms with van der Waals surface area (Å²) in [7, 11) is 1.59. The molecule has 0 fully saturated rings. The van der Waals surface area contributed by atoms with Crippen LogP contribution in [-0.2, 0) is 6.54 Å². The molecule has 0 N–H and O–H groups in total. The van der Waals surface area contributed by atoms with E-state index in [4.69, 9.17) is 9.15 Å². The van der Waals surface area contributed by atoms with Crippen LogP contribution < -0.4 is 4.74 Å². The molecule has 2 aromatic heterocycles. The van der Waals surface area contributed by atoms with E-state index in [0.717, 1.165) is 11.3 Å². The molecule has 2 heterocycles. The Balaban J connectivity index is 1.76. The van der Waals surface area contributed by atoms with E-state index >= 15 is 0 Å². The second kappa shape index (κ2) is 6.32. The van der Waals surface area contributed by atoms with E-state index in [9.17, 15) is 10.1 Å². The van der Waals surface area contributed by atoms with Crippen molar-refractivity contribution >= 4 is 16.9 Å². The molecule has 0 aliphatic carbocycles. The number of oxazole rings is 1. The number of hydrogen-bond donors (Lipinski definition) is 0. The lowest BCUT2D eigenvalue weighted by Gasteiger charge is -2.03. The summed E-state index contributed by atoms with van der Waals surface area (Å²) in [6.07, 6.45) is 0. The lowest BCUT2D eigenvalue weighted by atomic mass is 10.2. The van der Waals surface area contributed by atoms with Gasteiger partial charge in [-0.1, -0.05) is 24.3 Å². The van der Waals surface area contributed by atoms with Crippen LogP contribution in [0.3, 0.4) is 0 Å². The van der Waals surface area contributed by atoms with Gasteiger partial charge in [-0.15, -0.1) is 0 Å². The Bertz CT molecular complexity index is 1050. The Morgan fingerprint density at radius 1 is 1.19 bits per heavy atom. The van der Waals surface area contributed by atoms with E-state index < -0.39 is 4.92 Å². The maximum atomic E-state index is 11.2. The summed E-state index contributed by atoms with van der Waals surface area (Å²) in [6, 6.07) is 16.1. The first-order valence-electron chi connectivity index (χ1n) is 7.85. The summed E-state index contributed by atoms with van der Waals surface area (Å²) < 4.78 is 12.4. The van der Waals surface area contributed by atoms with Gasteiger partial charge in [0.2, 0.25) is 5.89 Å². The van der Waals surface area contributed by atoms with E-state index in [2.05, 4.69) is 10.1 Å². The molecule has 0 aliphatic rings. The highest BCUT2D eigenvalue weighted by molar-refractivity contribution is 5.75. The number of nitro groups is 1. The van der Waals surface area contributed by atoms with Crippen LogP contribution in [0.5, 0.6) is 5.75 Å². The molecule has 0 aliphatic heterocycles. The van der Waals surface area contributed by atoms with Crippen LogP contribution >= 0.6 is 0 Å². The van der Waals surface area contributed by atoms with Crippen LogP contribution in [0, 0.1) is 10.1 Å². The average molecular weight is 350 g/mol. The third kappa shape index (κ3) is 2.88. The maximum Gasteiger partial charge on any atom is 0.390 e. The monoisotopic (exact) mass is 350 g/mol. The SMILES string of the molecule is COc1ccc(Cn2nc([N+](=O)[O-])cc2-c2nc3ccccc3o2)cc1. The molecule has 8 nitrogen and oxygen atoms in total. The van der Waals surface area contributed by atoms with E-state index in [1.807, 2.05) is 42.5 Å². The molecule has 130 valence electrons. The molecule has 0 unspecified atom stereocenters. The molecule has 0 amide bonds. The standard InChI is InChI=1S/C18H14N4O4/c1-25-13-8-6-12(7-9-13)11-21-15(10-17(20-21)22(23)24)18-19-14-4-2-3-5-16(14)26-18/h2-10H,11H2,1H3. The zero-order chi connectivity index (χ0) is 18.1. The first-order valence-corrected chi connectivity index (χ1v) is 7.85. The van der Waals surface area contributed by atoms with Crippen LogP contribution in [0.2, 0.25) is 0 Å². The largest absolute Gasteiger partial charge is 0.497 e. The number of rotatable bonds is 5. The molecule has 0 saturated carbocycles. The van der Waals surface area contributed by atoms with Crippen LogP contribution in [0.1, 0.15) is 5.56 Å². The summed E-state index contributed by atoms with van der Waals surface area (Å²) >= 11 is 0. The predicted molar refractivity (Wildman–Crippen MR) is 94.0 cm³/mol. The number of methoxy groups -OCH3 is 1. The van der Waals surface area contributed by atoms with Crippen LogP contribution in [-0.4, -0.2) is 26.8 Å². The summed E-state index contributed by atoms with van der Waals surface area (Å²) in [4.78, 5) is 15.1. The number of fused-ring (bicyclic) bond motifs is 1. The second-order valence-corrected chi connectivity index (χ2v) is 5.64. The molecule has 2 aromatic carbocycles. The summed E-state index contributed by atoms with van der Waals surface area (Å²) in [5.74, 6) is 0.774. The van der Waals surface area contributed by atoms with Crippen molar-refractivity contribution in [3.63, 3.8) is 0 Å². The summed E-state index contributed by atoms with van der Waals surface area (Å²) in [6.45, 7) is 0.339. The highest BCUT2D eigenvalue weighted by Crippen LogP contribution is 2.27. The maximum absolute atomic E-state index is 11.2. The topological polar surface area (TPSA) is 96.2 Å². The molecule has 0 spiro atoms. The highest BCUT2D eigenvalue weighted by Gasteiger charge is 2.23. The molecule has 0 radical (unpaired) electrons. The smallest absolute Gasteiger partial charge is 0.390 e. The van der Waals surface area contributed by atoms with Gasteiger partial charge in [-0.3, -0.25) is 0 Å². The summed E-state index contributed by atoms with van der Waals surface area (Å²) in [5.41, 5.74) is 2.66. The van der Waals surface area contributed by atoms with Gasteiger partial charge in [0.25, 0.3) is 0 Å². The lowest BCUT2D eigenvalue weighted by molar-refractivity contribution is -0.389. The molecule has 0 saturated heterocycles. The zero-order valence-electron chi connectivity index (χ0n) is 13.8. The Kier molecular flexibility index (Phi) is 3.85. The minimum Gasteiger partial charge on any atom is -0.497 e. The van der Waals surface area contributed by atoms with Gasteiger partial charge >= 0.3 is 5.82 Å². The quantitative estimate of drug-likeness (QED) is 0.402. The van der Waals surface area contributed by atoms with Crippen molar-refractivity contribution in [2.75, 3.05) is 7.11 Å². The minimum absolute atomic E-state index is 0.254. The van der Waals surface area contributed by atoms with Crippen LogP contribution in [0.4, 0.5) is 5.82 Å². The predicted octanol–water partition coefficient (Wildman–Crippen LogP) is 3.66. The number of ether oxygens (including phenoxy) is 1.